The van der Waals surface area contributed by atoms with Crippen LogP contribution in [0.15, 0.2) is 83.1 Å². The van der Waals surface area contributed by atoms with E-state index in [0.717, 1.165) is 26.1 Å². The number of aromatic nitrogens is 1. The molecule has 0 aliphatic heterocycles. The Bertz CT molecular complexity index is 1490. The molecule has 1 amide bonds. The molecule has 1 N–H and O–H groups in total. The highest BCUT2D eigenvalue weighted by atomic mass is 35.5. The van der Waals surface area contributed by atoms with Gasteiger partial charge in [-0.15, -0.1) is 11.3 Å². The molecule has 192 valence electrons. The average molecular weight is 556 g/mol. The maximum absolute atomic E-state index is 13.6. The monoisotopic (exact) mass is 555 g/mol. The summed E-state index contributed by atoms with van der Waals surface area (Å²) in [7, 11) is -4.07. The van der Waals surface area contributed by atoms with Gasteiger partial charge in [0.2, 0.25) is 15.9 Å². The molecule has 0 atom stereocenters. The van der Waals surface area contributed by atoms with Crippen LogP contribution in [0.1, 0.15) is 17.5 Å². The lowest BCUT2D eigenvalue weighted by Crippen LogP contribution is -2.37. The molecule has 3 aromatic carbocycles. The van der Waals surface area contributed by atoms with Crippen molar-refractivity contribution in [3.8, 4) is 17.0 Å². The van der Waals surface area contributed by atoms with Crippen LogP contribution in [0.3, 0.4) is 0 Å². The first-order chi connectivity index (χ1) is 17.8. The molecule has 0 saturated heterocycles. The Morgan fingerprint density at radius 2 is 1.86 bits per heavy atom. The molecule has 0 unspecified atom stereocenters. The van der Waals surface area contributed by atoms with Gasteiger partial charge in [-0.05, 0) is 49.7 Å². The van der Waals surface area contributed by atoms with Crippen LogP contribution in [0.4, 0.5) is 5.69 Å². The molecule has 0 aliphatic carbocycles. The number of benzene rings is 3. The lowest BCUT2D eigenvalue weighted by atomic mass is 10.1. The van der Waals surface area contributed by atoms with Gasteiger partial charge < -0.3 is 10.1 Å². The molecule has 0 bridgehead atoms. The first-order valence-electron chi connectivity index (χ1n) is 11.5. The topological polar surface area (TPSA) is 88.6 Å². The van der Waals surface area contributed by atoms with E-state index in [1.54, 1.807) is 17.4 Å². The van der Waals surface area contributed by atoms with Crippen LogP contribution in [-0.4, -0.2) is 36.8 Å². The van der Waals surface area contributed by atoms with E-state index in [1.807, 2.05) is 67.8 Å². The minimum atomic E-state index is -4.07. The summed E-state index contributed by atoms with van der Waals surface area (Å²) >= 11 is 7.81. The molecular formula is C27H26ClN3O4S2. The van der Waals surface area contributed by atoms with Crippen molar-refractivity contribution >= 4 is 44.6 Å². The van der Waals surface area contributed by atoms with Gasteiger partial charge in [-0.2, -0.15) is 4.31 Å². The van der Waals surface area contributed by atoms with E-state index >= 15 is 0 Å². The van der Waals surface area contributed by atoms with Gasteiger partial charge in [-0.3, -0.25) is 4.79 Å². The smallest absolute Gasteiger partial charge is 0.243 e. The minimum Gasteiger partial charge on any atom is -0.492 e. The fraction of sp³-hybridized carbons (Fsp3) is 0.185. The zero-order valence-corrected chi connectivity index (χ0v) is 22.7. The molecule has 10 heteroatoms. The highest BCUT2D eigenvalue weighted by Crippen LogP contribution is 2.29. The molecule has 0 radical (unpaired) electrons. The molecule has 0 saturated carbocycles. The molecule has 4 rings (SSSR count). The number of ether oxygens (including phenoxy) is 1. The summed E-state index contributed by atoms with van der Waals surface area (Å²) < 4.78 is 33.8. The normalized spacial score (nSPS) is 11.5. The number of anilines is 1. The highest BCUT2D eigenvalue weighted by Gasteiger charge is 2.28. The third kappa shape index (κ3) is 6.75. The summed E-state index contributed by atoms with van der Waals surface area (Å²) in [6, 6.07) is 20.7. The SMILES string of the molecule is CCOc1ccc(S(=O)(=O)N(CC(=O)Nc2cccc(-c3csc(C)n3)c2)Cc2ccccc2)cc1Cl. The van der Waals surface area contributed by atoms with Crippen LogP contribution in [-0.2, 0) is 21.4 Å². The molecular weight excluding hydrogens is 530 g/mol. The summed E-state index contributed by atoms with van der Waals surface area (Å²) in [6.07, 6.45) is 0. The number of carbonyl (C=O) groups is 1. The van der Waals surface area contributed by atoms with Crippen molar-refractivity contribution in [3.63, 3.8) is 0 Å². The second kappa shape index (κ2) is 11.9. The van der Waals surface area contributed by atoms with Crippen molar-refractivity contribution < 1.29 is 17.9 Å². The zero-order chi connectivity index (χ0) is 26.4. The fourth-order valence-electron chi connectivity index (χ4n) is 3.69. The number of aryl methyl sites for hydroxylation is 1. The zero-order valence-electron chi connectivity index (χ0n) is 20.3. The van der Waals surface area contributed by atoms with Crippen LogP contribution in [0.2, 0.25) is 5.02 Å². The van der Waals surface area contributed by atoms with Crippen molar-refractivity contribution in [2.75, 3.05) is 18.5 Å². The number of nitrogens with zero attached hydrogens (tertiary/aromatic N) is 2. The molecule has 0 fully saturated rings. The third-order valence-electron chi connectivity index (χ3n) is 5.42. The molecule has 7 nitrogen and oxygen atoms in total. The van der Waals surface area contributed by atoms with E-state index in [4.69, 9.17) is 16.3 Å². The van der Waals surface area contributed by atoms with E-state index in [0.29, 0.717) is 18.0 Å². The van der Waals surface area contributed by atoms with Gasteiger partial charge in [0.05, 0.1) is 33.8 Å². The predicted molar refractivity (Wildman–Crippen MR) is 148 cm³/mol. The number of thiazole rings is 1. The quantitative estimate of drug-likeness (QED) is 0.259. The molecule has 4 aromatic rings. The van der Waals surface area contributed by atoms with Crippen molar-refractivity contribution in [1.82, 2.24) is 9.29 Å². The van der Waals surface area contributed by atoms with E-state index in [1.165, 1.54) is 18.2 Å². The Balaban J connectivity index is 1.58. The highest BCUT2D eigenvalue weighted by molar-refractivity contribution is 7.89. The maximum Gasteiger partial charge on any atom is 0.243 e. The Hall–Kier alpha value is -3.24. The van der Waals surface area contributed by atoms with Crippen LogP contribution >= 0.6 is 22.9 Å². The second-order valence-corrected chi connectivity index (χ2v) is 11.6. The van der Waals surface area contributed by atoms with Gasteiger partial charge in [0.25, 0.3) is 0 Å². The van der Waals surface area contributed by atoms with Gasteiger partial charge in [-0.1, -0.05) is 54.1 Å². The van der Waals surface area contributed by atoms with Crippen molar-refractivity contribution in [3.05, 3.63) is 93.8 Å². The number of amides is 1. The number of halogens is 1. The Labute approximate surface area is 225 Å². The molecule has 37 heavy (non-hydrogen) atoms. The van der Waals surface area contributed by atoms with E-state index in [2.05, 4.69) is 10.3 Å². The molecule has 1 heterocycles. The second-order valence-electron chi connectivity index (χ2n) is 8.16. The van der Waals surface area contributed by atoms with E-state index in [9.17, 15) is 13.2 Å². The van der Waals surface area contributed by atoms with Gasteiger partial charge in [0.15, 0.2) is 0 Å². The van der Waals surface area contributed by atoms with Crippen LogP contribution in [0.5, 0.6) is 5.75 Å². The summed E-state index contributed by atoms with van der Waals surface area (Å²) in [5, 5.41) is 5.90. The maximum atomic E-state index is 13.6. The van der Waals surface area contributed by atoms with Gasteiger partial charge in [0, 0.05) is 23.2 Å². The first-order valence-corrected chi connectivity index (χ1v) is 14.2. The first kappa shape index (κ1) is 26.8. The average Bonchev–Trinajstić information content (AvgIpc) is 3.32. The minimum absolute atomic E-state index is 0.0135. The number of hydrogen-bond acceptors (Lipinski definition) is 6. The fourth-order valence-corrected chi connectivity index (χ4v) is 6.02. The molecule has 0 spiro atoms. The van der Waals surface area contributed by atoms with Crippen molar-refractivity contribution in [2.24, 2.45) is 0 Å². The molecule has 0 aliphatic rings. The predicted octanol–water partition coefficient (Wildman–Crippen LogP) is 6.00. The number of hydrogen-bond donors (Lipinski definition) is 1. The van der Waals surface area contributed by atoms with Crippen LogP contribution in [0.25, 0.3) is 11.3 Å². The van der Waals surface area contributed by atoms with Crippen LogP contribution in [0, 0.1) is 6.92 Å². The summed E-state index contributed by atoms with van der Waals surface area (Å²) in [5.74, 6) is -0.0752. The van der Waals surface area contributed by atoms with Crippen molar-refractivity contribution in [1.29, 1.82) is 0 Å². The Morgan fingerprint density at radius 1 is 1.08 bits per heavy atom. The van der Waals surface area contributed by atoms with Gasteiger partial charge in [-0.25, -0.2) is 13.4 Å². The lowest BCUT2D eigenvalue weighted by Gasteiger charge is -2.22. The van der Waals surface area contributed by atoms with E-state index in [-0.39, 0.29) is 23.0 Å². The summed E-state index contributed by atoms with van der Waals surface area (Å²) in [6.45, 7) is 3.77. The van der Waals surface area contributed by atoms with E-state index < -0.39 is 15.9 Å². The van der Waals surface area contributed by atoms with Crippen molar-refractivity contribution in [2.45, 2.75) is 25.3 Å². The van der Waals surface area contributed by atoms with Gasteiger partial charge >= 0.3 is 0 Å². The van der Waals surface area contributed by atoms with Gasteiger partial charge in [0.1, 0.15) is 5.75 Å². The number of carbonyl (C=O) groups excluding carboxylic acids is 1. The number of sulfonamides is 1. The largest absolute Gasteiger partial charge is 0.492 e. The summed E-state index contributed by atoms with van der Waals surface area (Å²) in [5.41, 5.74) is 2.98. The Morgan fingerprint density at radius 3 is 2.54 bits per heavy atom. The summed E-state index contributed by atoms with van der Waals surface area (Å²) in [4.78, 5) is 17.5. The Kier molecular flexibility index (Phi) is 8.60. The van der Waals surface area contributed by atoms with Crippen LogP contribution < -0.4 is 10.1 Å². The number of nitrogens with one attached hydrogen (secondary N) is 1. The number of rotatable bonds is 10. The standard InChI is InChI=1S/C27H26ClN3O4S2/c1-3-35-26-13-12-23(15-24(26)28)37(33,34)31(16-20-8-5-4-6-9-20)17-27(32)30-22-11-7-10-21(14-22)25-18-36-19(2)29-25/h4-15,18H,3,16-17H2,1-2H3,(H,30,32). The molecule has 1 aromatic heterocycles. The third-order valence-corrected chi connectivity index (χ3v) is 8.28. The lowest BCUT2D eigenvalue weighted by molar-refractivity contribution is -0.116.